The van der Waals surface area contributed by atoms with Gasteiger partial charge < -0.3 is 10.1 Å². The molecule has 2 aromatic rings. The van der Waals surface area contributed by atoms with E-state index < -0.39 is 47.0 Å². The topological polar surface area (TPSA) is 76.7 Å². The average molecular weight is 492 g/mol. The van der Waals surface area contributed by atoms with Gasteiger partial charge in [-0.25, -0.2) is 5.48 Å². The molecule has 0 saturated heterocycles. The molecule has 12 heteroatoms. The molecule has 0 radical (unpaired) electrons. The molecular weight excluding hydrogens is 470 g/mol. The van der Waals surface area contributed by atoms with Crippen LogP contribution in [0, 0.1) is 0 Å². The van der Waals surface area contributed by atoms with Crippen LogP contribution in [-0.2, 0) is 26.7 Å². The number of hydrogen-bond acceptors (Lipinski definition) is 4. The van der Waals surface area contributed by atoms with Gasteiger partial charge in [-0.15, -0.1) is 0 Å². The minimum atomic E-state index is -5.12. The van der Waals surface area contributed by atoms with Gasteiger partial charge in [-0.05, 0) is 36.8 Å². The third kappa shape index (κ3) is 8.34. The maximum Gasteiger partial charge on any atom is 0.416 e. The summed E-state index contributed by atoms with van der Waals surface area (Å²) in [5.74, 6) is -2.15. The Bertz CT molecular complexity index is 932. The summed E-state index contributed by atoms with van der Waals surface area (Å²) in [5, 5.41) is 2.51. The number of hydroxylamine groups is 1. The fraction of sp³-hybridized carbons (Fsp3) is 0.364. The van der Waals surface area contributed by atoms with Crippen molar-refractivity contribution in [3.05, 3.63) is 65.2 Å². The number of carbonyl (C=O) groups is 2. The van der Waals surface area contributed by atoms with Crippen LogP contribution in [-0.4, -0.2) is 31.1 Å². The highest BCUT2D eigenvalue weighted by Crippen LogP contribution is 2.36. The number of ether oxygens (including phenoxy) is 1. The monoisotopic (exact) mass is 492 g/mol. The van der Waals surface area contributed by atoms with E-state index in [-0.39, 0.29) is 31.4 Å². The van der Waals surface area contributed by atoms with Gasteiger partial charge in [0.05, 0.1) is 17.7 Å². The molecule has 2 amide bonds. The van der Waals surface area contributed by atoms with Crippen LogP contribution < -0.4 is 10.8 Å². The van der Waals surface area contributed by atoms with Crippen molar-refractivity contribution in [3.63, 3.8) is 0 Å². The summed E-state index contributed by atoms with van der Waals surface area (Å²) in [6.07, 6.45) is -10.2. The molecule has 0 heterocycles. The van der Waals surface area contributed by atoms with Crippen molar-refractivity contribution in [2.24, 2.45) is 0 Å². The smallest absolute Gasteiger partial charge is 0.378 e. The molecule has 0 aliphatic heterocycles. The third-order valence-corrected chi connectivity index (χ3v) is 4.39. The first kappa shape index (κ1) is 27.1. The number of hydrogen-bond donors (Lipinski definition) is 2. The van der Waals surface area contributed by atoms with E-state index in [1.54, 1.807) is 35.8 Å². The van der Waals surface area contributed by atoms with E-state index in [1.165, 1.54) is 0 Å². The first-order chi connectivity index (χ1) is 15.9. The zero-order chi connectivity index (χ0) is 25.4. The van der Waals surface area contributed by atoms with E-state index >= 15 is 0 Å². The molecule has 0 aliphatic carbocycles. The highest BCUT2D eigenvalue weighted by Gasteiger charge is 2.37. The molecule has 6 nitrogen and oxygen atoms in total. The molecule has 2 aromatic carbocycles. The molecule has 0 saturated carbocycles. The minimum Gasteiger partial charge on any atom is -0.378 e. The highest BCUT2D eigenvalue weighted by atomic mass is 19.4. The number of anilines is 1. The van der Waals surface area contributed by atoms with Crippen molar-refractivity contribution in [2.75, 3.05) is 18.5 Å². The van der Waals surface area contributed by atoms with E-state index in [4.69, 9.17) is 9.57 Å². The molecule has 2 N–H and O–H groups in total. The summed E-state index contributed by atoms with van der Waals surface area (Å²) in [4.78, 5) is 29.9. The number of alkyl halides is 6. The second-order valence-electron chi connectivity index (χ2n) is 7.12. The zero-order valence-corrected chi connectivity index (χ0v) is 17.9. The Morgan fingerprint density at radius 3 is 2.06 bits per heavy atom. The predicted molar refractivity (Wildman–Crippen MR) is 110 cm³/mol. The Balaban J connectivity index is 2.17. The van der Waals surface area contributed by atoms with Crippen LogP contribution in [0.25, 0.3) is 0 Å². The van der Waals surface area contributed by atoms with E-state index in [2.05, 4.69) is 5.32 Å². The van der Waals surface area contributed by atoms with Crippen molar-refractivity contribution in [1.29, 1.82) is 0 Å². The number of para-hydroxylation sites is 1. The first-order valence-electron chi connectivity index (χ1n) is 10.1. The first-order valence-corrected chi connectivity index (χ1v) is 10.1. The van der Waals surface area contributed by atoms with Gasteiger partial charge in [-0.2, -0.15) is 26.3 Å². The van der Waals surface area contributed by atoms with Gasteiger partial charge in [0.25, 0.3) is 11.8 Å². The van der Waals surface area contributed by atoms with Gasteiger partial charge >= 0.3 is 12.4 Å². The summed E-state index contributed by atoms with van der Waals surface area (Å²) in [6.45, 7) is 1.85. The largest absolute Gasteiger partial charge is 0.416 e. The van der Waals surface area contributed by atoms with Crippen molar-refractivity contribution in [2.45, 2.75) is 38.2 Å². The number of halogens is 6. The van der Waals surface area contributed by atoms with Crippen LogP contribution in [0.5, 0.6) is 0 Å². The van der Waals surface area contributed by atoms with Crippen molar-refractivity contribution >= 4 is 17.5 Å². The minimum absolute atomic E-state index is 0.102. The Morgan fingerprint density at radius 1 is 0.941 bits per heavy atom. The van der Waals surface area contributed by atoms with Crippen LogP contribution in [0.1, 0.15) is 41.3 Å². The van der Waals surface area contributed by atoms with Crippen LogP contribution in [0.3, 0.4) is 0 Å². The lowest BCUT2D eigenvalue weighted by molar-refractivity contribution is -0.143. The predicted octanol–water partition coefficient (Wildman–Crippen LogP) is 5.21. The van der Waals surface area contributed by atoms with Gasteiger partial charge in [0.1, 0.15) is 0 Å². The number of rotatable bonds is 10. The molecule has 0 bridgehead atoms. The van der Waals surface area contributed by atoms with Gasteiger partial charge in [-0.1, -0.05) is 31.5 Å². The zero-order valence-electron chi connectivity index (χ0n) is 17.9. The van der Waals surface area contributed by atoms with E-state index in [0.29, 0.717) is 12.1 Å². The average Bonchev–Trinajstić information content (AvgIpc) is 2.77. The van der Waals surface area contributed by atoms with Gasteiger partial charge in [0.15, 0.2) is 6.10 Å². The number of carbonyl (C=O) groups excluding carboxylic acids is 2. The Morgan fingerprint density at radius 2 is 1.53 bits per heavy atom. The molecular formula is C22H22F6N2O4. The van der Waals surface area contributed by atoms with E-state index in [9.17, 15) is 35.9 Å². The molecule has 34 heavy (non-hydrogen) atoms. The normalized spacial score (nSPS) is 12.8. The van der Waals surface area contributed by atoms with Gasteiger partial charge in [0.2, 0.25) is 0 Å². The summed E-state index contributed by atoms with van der Waals surface area (Å²) in [5.41, 5.74) is -2.12. The van der Waals surface area contributed by atoms with Crippen LogP contribution in [0.15, 0.2) is 48.5 Å². The van der Waals surface area contributed by atoms with Crippen molar-refractivity contribution in [3.8, 4) is 0 Å². The standard InChI is InChI=1S/C22H22F6N2O4/c1-2-3-9-33-13-18(20(32)29-17-7-5-4-6-8-17)34-30-19(31)14-10-15(21(23,24)25)12-16(11-14)22(26,27)28/h4-8,10-12,18H,2-3,9,13H2,1H3,(H,29,32)(H,30,31)/t18-/m1/s1. The summed E-state index contributed by atoms with van der Waals surface area (Å²) >= 11 is 0. The molecule has 0 aromatic heterocycles. The molecule has 0 spiro atoms. The molecule has 1 atom stereocenters. The lowest BCUT2D eigenvalue weighted by Crippen LogP contribution is -2.40. The quantitative estimate of drug-likeness (QED) is 0.271. The summed E-state index contributed by atoms with van der Waals surface area (Å²) in [6, 6.07) is 8.57. The maximum absolute atomic E-state index is 13.0. The molecule has 0 aliphatic rings. The Labute approximate surface area is 191 Å². The number of nitrogens with one attached hydrogen (secondary N) is 2. The molecule has 2 rings (SSSR count). The van der Waals surface area contributed by atoms with Crippen molar-refractivity contribution < 1.29 is 45.5 Å². The van der Waals surface area contributed by atoms with Crippen LogP contribution in [0.4, 0.5) is 32.0 Å². The molecule has 0 unspecified atom stereocenters. The SMILES string of the molecule is CCCCOC[C@@H](ONC(=O)c1cc(C(F)(F)F)cc(C(F)(F)F)c1)C(=O)Nc1ccccc1. The van der Waals surface area contributed by atoms with Crippen LogP contribution >= 0.6 is 0 Å². The number of unbranched alkanes of at least 4 members (excludes halogenated alkanes) is 1. The van der Waals surface area contributed by atoms with E-state index in [1.807, 2.05) is 6.92 Å². The molecule has 0 fully saturated rings. The number of amides is 2. The third-order valence-electron chi connectivity index (χ3n) is 4.39. The lowest BCUT2D eigenvalue weighted by Gasteiger charge is -2.18. The Hall–Kier alpha value is -3.12. The Kier molecular flexibility index (Phi) is 9.45. The number of benzene rings is 2. The van der Waals surface area contributed by atoms with Gasteiger partial charge in [-0.3, -0.25) is 14.4 Å². The summed E-state index contributed by atoms with van der Waals surface area (Å²) in [7, 11) is 0. The second-order valence-corrected chi connectivity index (χ2v) is 7.12. The maximum atomic E-state index is 13.0. The van der Waals surface area contributed by atoms with E-state index in [0.717, 1.165) is 6.42 Å². The van der Waals surface area contributed by atoms with Gasteiger partial charge in [0, 0.05) is 17.9 Å². The molecule has 186 valence electrons. The highest BCUT2D eigenvalue weighted by molar-refractivity contribution is 5.96. The van der Waals surface area contributed by atoms with Crippen molar-refractivity contribution in [1.82, 2.24) is 5.48 Å². The fourth-order valence-corrected chi connectivity index (χ4v) is 2.61. The lowest BCUT2D eigenvalue weighted by atomic mass is 10.0. The second kappa shape index (κ2) is 11.8. The van der Waals surface area contributed by atoms with Crippen LogP contribution in [0.2, 0.25) is 0 Å². The summed E-state index contributed by atoms with van der Waals surface area (Å²) < 4.78 is 83.5. The fourth-order valence-electron chi connectivity index (χ4n) is 2.61.